The van der Waals surface area contributed by atoms with Crippen LogP contribution in [0.2, 0.25) is 5.02 Å². The van der Waals surface area contributed by atoms with Crippen molar-refractivity contribution >= 4 is 44.7 Å². The van der Waals surface area contributed by atoms with Gasteiger partial charge >= 0.3 is 21.3 Å². The number of thioether (sulfide) groups is 1. The van der Waals surface area contributed by atoms with E-state index >= 15 is 0 Å². The van der Waals surface area contributed by atoms with E-state index in [9.17, 15) is 23.7 Å². The predicted octanol–water partition coefficient (Wildman–Crippen LogP) is 5.37. The molecule has 9 nitrogen and oxygen atoms in total. The Hall–Kier alpha value is -1.35. The summed E-state index contributed by atoms with van der Waals surface area (Å²) in [5.41, 5.74) is -0.0240. The van der Waals surface area contributed by atoms with Crippen LogP contribution in [-0.2, 0) is 22.9 Å². The van der Waals surface area contributed by atoms with Gasteiger partial charge in [0.2, 0.25) is 11.0 Å². The van der Waals surface area contributed by atoms with Gasteiger partial charge in [-0.1, -0.05) is 41.6 Å². The van der Waals surface area contributed by atoms with E-state index in [-0.39, 0.29) is 17.9 Å². The lowest BCUT2D eigenvalue weighted by atomic mass is 10.2. The van der Waals surface area contributed by atoms with Gasteiger partial charge in [-0.25, -0.2) is 4.79 Å². The zero-order valence-corrected chi connectivity index (χ0v) is 18.8. The van der Waals surface area contributed by atoms with E-state index in [1.165, 1.54) is 48.5 Å². The van der Waals surface area contributed by atoms with E-state index in [1.807, 2.05) is 0 Å². The Morgan fingerprint density at radius 1 is 1.10 bits per heavy atom. The number of halogens is 1. The van der Waals surface area contributed by atoms with Crippen molar-refractivity contribution in [3.63, 3.8) is 0 Å². The van der Waals surface area contributed by atoms with Gasteiger partial charge in [0.1, 0.15) is 5.75 Å². The molecule has 2 N–H and O–H groups in total. The summed E-state index contributed by atoms with van der Waals surface area (Å²) in [6.45, 7) is 1.65. The minimum atomic E-state index is -4.66. The molecule has 2 aromatic rings. The normalized spacial score (nSPS) is 28.7. The van der Waals surface area contributed by atoms with Crippen LogP contribution in [0.5, 0.6) is 5.75 Å². The lowest BCUT2D eigenvalue weighted by Crippen LogP contribution is -2.22. The van der Waals surface area contributed by atoms with Gasteiger partial charge in [0.05, 0.1) is 12.2 Å². The molecule has 1 aliphatic rings. The smallest absolute Gasteiger partial charge is 0.434 e. The van der Waals surface area contributed by atoms with Crippen LogP contribution in [0.3, 0.4) is 0 Å². The number of hydrogen-bond acceptors (Lipinski definition) is 8. The lowest BCUT2D eigenvalue weighted by Gasteiger charge is -2.35. The summed E-state index contributed by atoms with van der Waals surface area (Å²) in [5.74, 6) is -0.107. The average molecular weight is 495 g/mol. The maximum absolute atomic E-state index is 12.8. The lowest BCUT2D eigenvalue weighted by molar-refractivity contribution is -0.0231. The molecule has 0 amide bonds. The summed E-state index contributed by atoms with van der Waals surface area (Å²) >= 11 is 6.48. The maximum atomic E-state index is 12.8. The highest BCUT2D eigenvalue weighted by Gasteiger charge is 2.56. The summed E-state index contributed by atoms with van der Waals surface area (Å²) in [6.07, 6.45) is -2.74. The van der Waals surface area contributed by atoms with Crippen LogP contribution in [0.15, 0.2) is 53.4 Å². The maximum Gasteiger partial charge on any atom is 0.513 e. The molecule has 1 heterocycles. The molecule has 2 aromatic carbocycles. The Morgan fingerprint density at radius 3 is 2.30 bits per heavy atom. The molecule has 1 aliphatic heterocycles. The number of carbonyl (C=O) groups is 1. The molecular formula is C17H17ClO9P2S. The summed E-state index contributed by atoms with van der Waals surface area (Å²) < 4.78 is 43.9. The zero-order valence-electron chi connectivity index (χ0n) is 15.4. The van der Waals surface area contributed by atoms with Crippen molar-refractivity contribution in [3.05, 3.63) is 59.1 Å². The van der Waals surface area contributed by atoms with Crippen molar-refractivity contribution in [3.8, 4) is 5.75 Å². The number of hydrogen-bond donors (Lipinski definition) is 2. The number of rotatable bonds is 5. The number of carbonyl (C=O) groups excluding carboxylic acids is 1. The second kappa shape index (κ2) is 9.42. The highest BCUT2D eigenvalue weighted by atomic mass is 35.5. The van der Waals surface area contributed by atoms with Crippen LogP contribution in [0.1, 0.15) is 18.8 Å². The zero-order chi connectivity index (χ0) is 21.9. The highest BCUT2D eigenvalue weighted by Crippen LogP contribution is 2.76. The van der Waals surface area contributed by atoms with Gasteiger partial charge in [0.25, 0.3) is 0 Å². The van der Waals surface area contributed by atoms with Crippen LogP contribution < -0.4 is 4.74 Å². The summed E-state index contributed by atoms with van der Waals surface area (Å²) in [5, 5.41) is 0.438. The molecule has 0 aromatic heterocycles. The monoisotopic (exact) mass is 494 g/mol. The minimum absolute atomic E-state index is 0.0240. The van der Waals surface area contributed by atoms with E-state index in [4.69, 9.17) is 30.1 Å². The molecule has 0 aliphatic carbocycles. The molecule has 0 spiro atoms. The van der Waals surface area contributed by atoms with E-state index in [2.05, 4.69) is 0 Å². The third-order valence-corrected chi connectivity index (χ3v) is 10.8. The Balaban J connectivity index is 1.87. The van der Waals surface area contributed by atoms with Gasteiger partial charge in [-0.15, -0.1) is 0 Å². The fourth-order valence-electron chi connectivity index (χ4n) is 2.47. The first kappa shape index (κ1) is 23.3. The topological polar surface area (TPSA) is 129 Å². The van der Waals surface area contributed by atoms with Gasteiger partial charge in [0.15, 0.2) is 0 Å². The molecule has 0 bridgehead atoms. The second-order valence-corrected chi connectivity index (χ2v) is 12.3. The molecule has 3 rings (SSSR count). The summed E-state index contributed by atoms with van der Waals surface area (Å²) in [7, 11) is -9.33. The van der Waals surface area contributed by atoms with Crippen molar-refractivity contribution in [1.29, 1.82) is 0 Å². The molecule has 0 radical (unpaired) electrons. The van der Waals surface area contributed by atoms with Crippen LogP contribution in [0, 0.1) is 0 Å². The minimum Gasteiger partial charge on any atom is -0.434 e. The van der Waals surface area contributed by atoms with Crippen LogP contribution >= 0.6 is 38.6 Å². The quantitative estimate of drug-likeness (QED) is 0.318. The van der Waals surface area contributed by atoms with E-state index < -0.39 is 32.4 Å². The molecule has 30 heavy (non-hydrogen) atoms. The second-order valence-electron chi connectivity index (χ2n) is 5.89. The molecule has 0 saturated carbocycles. The van der Waals surface area contributed by atoms with Crippen molar-refractivity contribution in [2.75, 3.05) is 6.61 Å². The Bertz CT molecular complexity index is 991. The first-order valence-electron chi connectivity index (χ1n) is 8.50. The van der Waals surface area contributed by atoms with E-state index in [1.54, 1.807) is 6.92 Å². The van der Waals surface area contributed by atoms with Crippen LogP contribution in [0.4, 0.5) is 4.79 Å². The van der Waals surface area contributed by atoms with Gasteiger partial charge in [0, 0.05) is 9.92 Å². The van der Waals surface area contributed by atoms with E-state index in [0.29, 0.717) is 21.7 Å². The Labute approximate surface area is 181 Å². The van der Waals surface area contributed by atoms with Crippen molar-refractivity contribution in [2.45, 2.75) is 22.8 Å². The van der Waals surface area contributed by atoms with Crippen molar-refractivity contribution in [2.24, 2.45) is 0 Å². The van der Waals surface area contributed by atoms with Gasteiger partial charge in [-0.2, -0.15) is 0 Å². The largest absolute Gasteiger partial charge is 0.513 e. The third kappa shape index (κ3) is 5.46. The Morgan fingerprint density at radius 2 is 1.70 bits per heavy atom. The summed E-state index contributed by atoms with van der Waals surface area (Å²) in [4.78, 5) is 32.9. The molecule has 2 atom stereocenters. The molecule has 162 valence electrons. The van der Waals surface area contributed by atoms with Gasteiger partial charge < -0.3 is 19.3 Å². The fourth-order valence-corrected chi connectivity index (χ4v) is 8.17. The Kier molecular flexibility index (Phi) is 7.32. The first-order valence-corrected chi connectivity index (χ1v) is 13.0. The summed E-state index contributed by atoms with van der Waals surface area (Å²) in [6, 6.07) is 11.9. The number of para-hydroxylation sites is 1. The third-order valence-electron chi connectivity index (χ3n) is 3.74. The molecule has 13 heteroatoms. The molecular weight excluding hydrogens is 478 g/mol. The SMILES string of the molecule is CCOC(=O)Oc1ccccc1C1OP(=O)(O)C(Sc2ccc(Cl)cc2)P(=O)(O)O1. The average Bonchev–Trinajstić information content (AvgIpc) is 2.66. The van der Waals surface area contributed by atoms with Gasteiger partial charge in [-0.05, 0) is 37.3 Å². The van der Waals surface area contributed by atoms with E-state index in [0.717, 1.165) is 0 Å². The number of ether oxygens (including phenoxy) is 2. The molecule has 1 saturated heterocycles. The first-order chi connectivity index (χ1) is 14.1. The fraction of sp³-hybridized carbons (Fsp3) is 0.235. The standard InChI is InChI=1S/C17H17ClO9P2S/c1-2-24-16(19)25-14-6-4-3-5-13(14)15-26-28(20,21)17(29(22,23)27-15)30-12-9-7-11(18)8-10-12/h3-10,15,17H,2H2,1H3,(H,20,21)(H,22,23). The molecule has 2 unspecified atom stereocenters. The predicted molar refractivity (Wildman–Crippen MR) is 110 cm³/mol. The van der Waals surface area contributed by atoms with Crippen molar-refractivity contribution < 1.29 is 42.2 Å². The highest BCUT2D eigenvalue weighted by molar-refractivity contribution is 8.12. The number of benzene rings is 2. The van der Waals surface area contributed by atoms with Gasteiger partial charge in [-0.3, -0.25) is 18.2 Å². The van der Waals surface area contributed by atoms with Crippen molar-refractivity contribution in [1.82, 2.24) is 0 Å². The molecule has 1 fully saturated rings. The van der Waals surface area contributed by atoms with Crippen LogP contribution in [0.25, 0.3) is 0 Å². The van der Waals surface area contributed by atoms with Crippen LogP contribution in [-0.4, -0.2) is 27.3 Å².